The lowest BCUT2D eigenvalue weighted by Gasteiger charge is -2.09. The van der Waals surface area contributed by atoms with Crippen LogP contribution in [0.15, 0.2) is 16.7 Å². The van der Waals surface area contributed by atoms with Gasteiger partial charge in [0.05, 0.1) is 17.7 Å². The van der Waals surface area contributed by atoms with Crippen molar-refractivity contribution in [2.24, 2.45) is 0 Å². The summed E-state index contributed by atoms with van der Waals surface area (Å²) in [5.41, 5.74) is -0.628. The van der Waals surface area contributed by atoms with E-state index in [-0.39, 0.29) is 5.69 Å². The summed E-state index contributed by atoms with van der Waals surface area (Å²) in [6.45, 7) is 0. The fourth-order valence-corrected chi connectivity index (χ4v) is 1.69. The van der Waals surface area contributed by atoms with Gasteiger partial charge in [0.15, 0.2) is 17.4 Å². The first kappa shape index (κ1) is 13.3. The van der Waals surface area contributed by atoms with Gasteiger partial charge < -0.3 is 14.4 Å². The standard InChI is InChI=1S/C11H6ClF2NO4/c1-18-10-5(13)2-4(12)9(14)8(10)6-3-7(11(16)17)19-15-6/h2-3H,1H3,(H,16,17). The first-order valence-corrected chi connectivity index (χ1v) is 5.25. The number of halogens is 3. The number of methoxy groups -OCH3 is 1. The highest BCUT2D eigenvalue weighted by Gasteiger charge is 2.24. The van der Waals surface area contributed by atoms with Gasteiger partial charge in [-0.25, -0.2) is 13.6 Å². The second-order valence-electron chi connectivity index (χ2n) is 3.44. The van der Waals surface area contributed by atoms with Gasteiger partial charge in [-0.1, -0.05) is 16.8 Å². The monoisotopic (exact) mass is 289 g/mol. The molecule has 0 saturated heterocycles. The summed E-state index contributed by atoms with van der Waals surface area (Å²) in [5, 5.41) is 11.6. The van der Waals surface area contributed by atoms with Gasteiger partial charge in [-0.2, -0.15) is 0 Å². The molecule has 0 fully saturated rings. The number of hydrogen-bond acceptors (Lipinski definition) is 4. The zero-order chi connectivity index (χ0) is 14.2. The van der Waals surface area contributed by atoms with Gasteiger partial charge >= 0.3 is 5.97 Å². The van der Waals surface area contributed by atoms with Gasteiger partial charge in [-0.05, 0) is 6.07 Å². The van der Waals surface area contributed by atoms with Crippen molar-refractivity contribution in [1.82, 2.24) is 5.16 Å². The Kier molecular flexibility index (Phi) is 3.39. The van der Waals surface area contributed by atoms with Crippen LogP contribution >= 0.6 is 11.6 Å². The molecule has 1 aromatic heterocycles. The van der Waals surface area contributed by atoms with Crippen molar-refractivity contribution in [3.63, 3.8) is 0 Å². The number of carboxylic acids is 1. The third kappa shape index (κ3) is 2.24. The van der Waals surface area contributed by atoms with Crippen molar-refractivity contribution in [1.29, 1.82) is 0 Å². The number of aromatic nitrogens is 1. The predicted molar refractivity (Wildman–Crippen MR) is 60.4 cm³/mol. The van der Waals surface area contributed by atoms with E-state index in [1.165, 1.54) is 0 Å². The van der Waals surface area contributed by atoms with Gasteiger partial charge in [0.25, 0.3) is 0 Å². The minimum Gasteiger partial charge on any atom is -0.493 e. The minimum atomic E-state index is -1.39. The van der Waals surface area contributed by atoms with Crippen LogP contribution < -0.4 is 4.74 Å². The van der Waals surface area contributed by atoms with Crippen LogP contribution in [-0.4, -0.2) is 23.3 Å². The molecule has 0 saturated carbocycles. The van der Waals surface area contributed by atoms with Gasteiger partial charge in [0, 0.05) is 6.07 Å². The largest absolute Gasteiger partial charge is 0.493 e. The SMILES string of the molecule is COc1c(F)cc(Cl)c(F)c1-c1cc(C(=O)O)on1. The summed E-state index contributed by atoms with van der Waals surface area (Å²) in [4.78, 5) is 10.7. The van der Waals surface area contributed by atoms with Crippen LogP contribution in [0.3, 0.4) is 0 Å². The predicted octanol–water partition coefficient (Wildman–Crippen LogP) is 2.98. The Hall–Kier alpha value is -2.15. The molecule has 19 heavy (non-hydrogen) atoms. The summed E-state index contributed by atoms with van der Waals surface area (Å²) in [6, 6.07) is 1.69. The molecule has 100 valence electrons. The van der Waals surface area contributed by atoms with Crippen molar-refractivity contribution in [3.05, 3.63) is 34.6 Å². The molecule has 1 N–H and O–H groups in total. The Labute approximate surface area is 110 Å². The van der Waals surface area contributed by atoms with Crippen molar-refractivity contribution >= 4 is 17.6 Å². The molecule has 0 unspecified atom stereocenters. The molecule has 0 radical (unpaired) electrons. The fourth-order valence-electron chi connectivity index (χ4n) is 1.50. The molecule has 5 nitrogen and oxygen atoms in total. The van der Waals surface area contributed by atoms with Crippen molar-refractivity contribution < 1.29 is 27.9 Å². The number of aromatic carboxylic acids is 1. The third-order valence-corrected chi connectivity index (χ3v) is 2.58. The van der Waals surface area contributed by atoms with Gasteiger partial charge in [0.1, 0.15) is 5.69 Å². The molecule has 2 aromatic rings. The molecule has 0 aliphatic rings. The van der Waals surface area contributed by atoms with Crippen LogP contribution in [0.25, 0.3) is 11.3 Å². The third-order valence-electron chi connectivity index (χ3n) is 2.31. The molecule has 0 aliphatic heterocycles. The van der Waals surface area contributed by atoms with Gasteiger partial charge in [-0.3, -0.25) is 0 Å². The molecule has 0 bridgehead atoms. The van der Waals surface area contributed by atoms with Crippen LogP contribution in [0.4, 0.5) is 8.78 Å². The zero-order valence-electron chi connectivity index (χ0n) is 9.41. The van der Waals surface area contributed by atoms with E-state index in [0.29, 0.717) is 0 Å². The number of hydrogen-bond donors (Lipinski definition) is 1. The smallest absolute Gasteiger partial charge is 0.374 e. The molecule has 2 rings (SSSR count). The van der Waals surface area contributed by atoms with Crippen molar-refractivity contribution in [2.75, 3.05) is 7.11 Å². The molecule has 8 heteroatoms. The van der Waals surface area contributed by atoms with Crippen LogP contribution in [0, 0.1) is 11.6 Å². The van der Waals surface area contributed by atoms with E-state index in [0.717, 1.165) is 19.2 Å². The number of carboxylic acid groups (broad SMARTS) is 1. The summed E-state index contributed by atoms with van der Waals surface area (Å²) < 4.78 is 36.7. The zero-order valence-corrected chi connectivity index (χ0v) is 10.2. The second-order valence-corrected chi connectivity index (χ2v) is 3.85. The highest BCUT2D eigenvalue weighted by Crippen LogP contribution is 2.37. The number of nitrogens with zero attached hydrogens (tertiary/aromatic N) is 1. The van der Waals surface area contributed by atoms with Crippen LogP contribution in [-0.2, 0) is 0 Å². The second kappa shape index (κ2) is 4.85. The Morgan fingerprint density at radius 1 is 1.47 bits per heavy atom. The number of carbonyl (C=O) groups is 1. The normalized spacial score (nSPS) is 10.5. The van der Waals surface area contributed by atoms with Gasteiger partial charge in [-0.15, -0.1) is 0 Å². The molecule has 0 spiro atoms. The first-order valence-electron chi connectivity index (χ1n) is 4.87. The highest BCUT2D eigenvalue weighted by atomic mass is 35.5. The maximum Gasteiger partial charge on any atom is 0.374 e. The lowest BCUT2D eigenvalue weighted by molar-refractivity contribution is 0.0652. The van der Waals surface area contributed by atoms with Gasteiger partial charge in [0.2, 0.25) is 5.76 Å². The molecular formula is C11H6ClF2NO4. The summed E-state index contributed by atoms with van der Waals surface area (Å²) in [5.74, 6) is -4.22. The Morgan fingerprint density at radius 3 is 2.68 bits per heavy atom. The van der Waals surface area contributed by atoms with E-state index in [4.69, 9.17) is 21.4 Å². The van der Waals surface area contributed by atoms with E-state index >= 15 is 0 Å². The summed E-state index contributed by atoms with van der Waals surface area (Å²) in [6.07, 6.45) is 0. The summed E-state index contributed by atoms with van der Waals surface area (Å²) >= 11 is 5.52. The average molecular weight is 290 g/mol. The van der Waals surface area contributed by atoms with E-state index in [2.05, 4.69) is 9.68 Å². The van der Waals surface area contributed by atoms with E-state index in [9.17, 15) is 13.6 Å². The summed E-state index contributed by atoms with van der Waals surface area (Å²) in [7, 11) is 1.13. The lowest BCUT2D eigenvalue weighted by Crippen LogP contribution is -1.97. The fraction of sp³-hybridized carbons (Fsp3) is 0.0909. The lowest BCUT2D eigenvalue weighted by atomic mass is 10.1. The van der Waals surface area contributed by atoms with E-state index < -0.39 is 39.7 Å². The molecule has 0 amide bonds. The topological polar surface area (TPSA) is 72.6 Å². The van der Waals surface area contributed by atoms with E-state index in [1.54, 1.807) is 0 Å². The Morgan fingerprint density at radius 2 is 2.16 bits per heavy atom. The maximum absolute atomic E-state index is 13.9. The average Bonchev–Trinajstić information content (AvgIpc) is 2.82. The number of ether oxygens (including phenoxy) is 1. The molecule has 1 heterocycles. The Bertz CT molecular complexity index is 656. The van der Waals surface area contributed by atoms with E-state index in [1.807, 2.05) is 0 Å². The quantitative estimate of drug-likeness (QED) is 0.879. The van der Waals surface area contributed by atoms with Crippen LogP contribution in [0.5, 0.6) is 5.75 Å². The number of rotatable bonds is 3. The molecule has 0 aliphatic carbocycles. The van der Waals surface area contributed by atoms with Crippen molar-refractivity contribution in [2.45, 2.75) is 0 Å². The van der Waals surface area contributed by atoms with Crippen molar-refractivity contribution in [3.8, 4) is 17.0 Å². The maximum atomic E-state index is 13.9. The number of benzene rings is 1. The molecular weight excluding hydrogens is 284 g/mol. The van der Waals surface area contributed by atoms with Crippen LogP contribution in [0.1, 0.15) is 10.6 Å². The molecule has 0 atom stereocenters. The minimum absolute atomic E-state index is 0.229. The first-order chi connectivity index (χ1) is 8.95. The van der Waals surface area contributed by atoms with Crippen LogP contribution in [0.2, 0.25) is 5.02 Å². The molecule has 1 aromatic carbocycles. The Balaban J connectivity index is 2.69. The highest BCUT2D eigenvalue weighted by molar-refractivity contribution is 6.31.